The Kier molecular flexibility index (Phi) is 4.88. The van der Waals surface area contributed by atoms with Crippen molar-refractivity contribution in [2.75, 3.05) is 19.5 Å². The number of anilines is 1. The van der Waals surface area contributed by atoms with Crippen molar-refractivity contribution in [3.05, 3.63) is 29.3 Å². The maximum absolute atomic E-state index is 6.02. The minimum absolute atomic E-state index is 0.0277. The van der Waals surface area contributed by atoms with Crippen LogP contribution in [0.3, 0.4) is 0 Å². The van der Waals surface area contributed by atoms with Crippen LogP contribution in [0.4, 0.5) is 5.69 Å². The van der Waals surface area contributed by atoms with Gasteiger partial charge in [-0.25, -0.2) is 0 Å². The van der Waals surface area contributed by atoms with E-state index in [1.165, 1.54) is 0 Å². The summed E-state index contributed by atoms with van der Waals surface area (Å²) in [4.78, 5) is 0. The van der Waals surface area contributed by atoms with E-state index >= 15 is 0 Å². The highest BCUT2D eigenvalue weighted by Gasteiger charge is 2.15. The highest BCUT2D eigenvalue weighted by Crippen LogP contribution is 2.22. The molecule has 15 heavy (non-hydrogen) atoms. The first-order valence-corrected chi connectivity index (χ1v) is 5.13. The third-order valence-electron chi connectivity index (χ3n) is 2.13. The number of halogens is 1. The van der Waals surface area contributed by atoms with Crippen LogP contribution >= 0.6 is 11.6 Å². The lowest BCUT2D eigenvalue weighted by Gasteiger charge is -2.23. The van der Waals surface area contributed by atoms with Crippen LogP contribution in [0, 0.1) is 0 Å². The average Bonchev–Trinajstić information content (AvgIpc) is 2.23. The molecule has 1 unspecified atom stereocenters. The molecular formula is C11H16ClNO2. The van der Waals surface area contributed by atoms with E-state index in [0.29, 0.717) is 5.02 Å². The second kappa shape index (κ2) is 5.95. The van der Waals surface area contributed by atoms with Gasteiger partial charge >= 0.3 is 0 Å². The van der Waals surface area contributed by atoms with Gasteiger partial charge in [0, 0.05) is 14.2 Å². The molecule has 3 nitrogen and oxygen atoms in total. The second-order valence-corrected chi connectivity index (χ2v) is 3.66. The van der Waals surface area contributed by atoms with Crippen molar-refractivity contribution < 1.29 is 9.47 Å². The van der Waals surface area contributed by atoms with Gasteiger partial charge in [0.25, 0.3) is 0 Å². The summed E-state index contributed by atoms with van der Waals surface area (Å²) in [7, 11) is 3.22. The Balaban J connectivity index is 2.65. The van der Waals surface area contributed by atoms with Crippen LogP contribution in [-0.2, 0) is 9.47 Å². The van der Waals surface area contributed by atoms with Crippen LogP contribution in [0.5, 0.6) is 0 Å². The Morgan fingerprint density at radius 2 is 1.80 bits per heavy atom. The van der Waals surface area contributed by atoms with E-state index in [1.807, 2.05) is 31.2 Å². The molecule has 0 spiro atoms. The van der Waals surface area contributed by atoms with Crippen molar-refractivity contribution in [1.82, 2.24) is 0 Å². The standard InChI is InChI=1S/C11H16ClNO2/c1-8(11(14-2)15-3)13-10-7-5-4-6-9(10)12/h4-8,11,13H,1-3H3. The number of hydrogen-bond donors (Lipinski definition) is 1. The third-order valence-corrected chi connectivity index (χ3v) is 2.46. The van der Waals surface area contributed by atoms with E-state index in [9.17, 15) is 0 Å². The van der Waals surface area contributed by atoms with E-state index in [2.05, 4.69) is 5.32 Å². The Bertz CT molecular complexity index is 302. The van der Waals surface area contributed by atoms with Crippen molar-refractivity contribution in [1.29, 1.82) is 0 Å². The van der Waals surface area contributed by atoms with Gasteiger partial charge < -0.3 is 14.8 Å². The van der Waals surface area contributed by atoms with Gasteiger partial charge in [0.1, 0.15) is 0 Å². The molecule has 1 atom stereocenters. The minimum Gasteiger partial charge on any atom is -0.376 e. The van der Waals surface area contributed by atoms with E-state index in [4.69, 9.17) is 21.1 Å². The molecule has 0 bridgehead atoms. The SMILES string of the molecule is COC(OC)C(C)Nc1ccccc1Cl. The van der Waals surface area contributed by atoms with Gasteiger partial charge in [0.05, 0.1) is 16.8 Å². The molecule has 0 saturated carbocycles. The molecule has 0 aliphatic rings. The maximum Gasteiger partial charge on any atom is 0.176 e. The molecule has 0 amide bonds. The summed E-state index contributed by atoms with van der Waals surface area (Å²) < 4.78 is 10.3. The average molecular weight is 230 g/mol. The first-order valence-electron chi connectivity index (χ1n) is 4.75. The lowest BCUT2D eigenvalue weighted by molar-refractivity contribution is -0.109. The molecule has 0 aromatic heterocycles. The lowest BCUT2D eigenvalue weighted by atomic mass is 10.2. The zero-order valence-corrected chi connectivity index (χ0v) is 9.91. The number of methoxy groups -OCH3 is 2. The third kappa shape index (κ3) is 3.38. The number of nitrogens with one attached hydrogen (secondary N) is 1. The Morgan fingerprint density at radius 1 is 1.20 bits per heavy atom. The fourth-order valence-electron chi connectivity index (χ4n) is 1.40. The second-order valence-electron chi connectivity index (χ2n) is 3.25. The molecule has 0 aliphatic heterocycles. The zero-order chi connectivity index (χ0) is 11.3. The molecule has 0 radical (unpaired) electrons. The fourth-order valence-corrected chi connectivity index (χ4v) is 1.59. The monoisotopic (exact) mass is 229 g/mol. The van der Waals surface area contributed by atoms with Crippen LogP contribution in [0.15, 0.2) is 24.3 Å². The number of rotatable bonds is 5. The lowest BCUT2D eigenvalue weighted by Crippen LogP contribution is -2.33. The van der Waals surface area contributed by atoms with Gasteiger partial charge in [-0.3, -0.25) is 0 Å². The van der Waals surface area contributed by atoms with Gasteiger partial charge in [-0.2, -0.15) is 0 Å². The summed E-state index contributed by atoms with van der Waals surface area (Å²) in [6.07, 6.45) is -0.290. The minimum atomic E-state index is -0.290. The van der Waals surface area contributed by atoms with Crippen LogP contribution in [-0.4, -0.2) is 26.6 Å². The molecule has 0 saturated heterocycles. The summed E-state index contributed by atoms with van der Waals surface area (Å²) in [5.41, 5.74) is 0.880. The summed E-state index contributed by atoms with van der Waals surface area (Å²) in [5.74, 6) is 0. The zero-order valence-electron chi connectivity index (χ0n) is 9.16. The quantitative estimate of drug-likeness (QED) is 0.788. The molecule has 1 N–H and O–H groups in total. The Hall–Kier alpha value is -0.770. The predicted octanol–water partition coefficient (Wildman–Crippen LogP) is 2.76. The normalized spacial score (nSPS) is 12.9. The molecule has 84 valence electrons. The summed E-state index contributed by atoms with van der Waals surface area (Å²) in [6.45, 7) is 1.97. The van der Waals surface area contributed by atoms with Crippen molar-refractivity contribution in [2.24, 2.45) is 0 Å². The molecular weight excluding hydrogens is 214 g/mol. The highest BCUT2D eigenvalue weighted by molar-refractivity contribution is 6.33. The van der Waals surface area contributed by atoms with Gasteiger partial charge in [-0.1, -0.05) is 23.7 Å². The first kappa shape index (κ1) is 12.3. The Labute approximate surface area is 95.3 Å². The predicted molar refractivity (Wildman–Crippen MR) is 62.3 cm³/mol. The van der Waals surface area contributed by atoms with Gasteiger partial charge in [0.2, 0.25) is 0 Å². The number of hydrogen-bond acceptors (Lipinski definition) is 3. The number of benzene rings is 1. The summed E-state index contributed by atoms with van der Waals surface area (Å²) in [5, 5.41) is 3.92. The molecule has 1 aromatic carbocycles. The van der Waals surface area contributed by atoms with Crippen molar-refractivity contribution in [3.8, 4) is 0 Å². The van der Waals surface area contributed by atoms with Crippen molar-refractivity contribution >= 4 is 17.3 Å². The number of ether oxygens (including phenoxy) is 2. The van der Waals surface area contributed by atoms with Crippen LogP contribution in [0.2, 0.25) is 5.02 Å². The van der Waals surface area contributed by atoms with Crippen LogP contribution < -0.4 is 5.32 Å². The van der Waals surface area contributed by atoms with Gasteiger partial charge in [0.15, 0.2) is 6.29 Å². The number of para-hydroxylation sites is 1. The molecule has 1 rings (SSSR count). The molecule has 0 heterocycles. The topological polar surface area (TPSA) is 30.5 Å². The van der Waals surface area contributed by atoms with Crippen LogP contribution in [0.25, 0.3) is 0 Å². The largest absolute Gasteiger partial charge is 0.376 e. The van der Waals surface area contributed by atoms with E-state index in [0.717, 1.165) is 5.69 Å². The van der Waals surface area contributed by atoms with Crippen LogP contribution in [0.1, 0.15) is 6.92 Å². The summed E-state index contributed by atoms with van der Waals surface area (Å²) >= 11 is 6.02. The Morgan fingerprint density at radius 3 is 2.33 bits per heavy atom. The maximum atomic E-state index is 6.02. The molecule has 0 aliphatic carbocycles. The molecule has 4 heteroatoms. The molecule has 0 fully saturated rings. The van der Waals surface area contributed by atoms with E-state index < -0.39 is 0 Å². The fraction of sp³-hybridized carbons (Fsp3) is 0.455. The molecule has 1 aromatic rings. The summed E-state index contributed by atoms with van der Waals surface area (Å²) in [6, 6.07) is 7.60. The van der Waals surface area contributed by atoms with E-state index in [-0.39, 0.29) is 12.3 Å². The van der Waals surface area contributed by atoms with Gasteiger partial charge in [-0.05, 0) is 19.1 Å². The van der Waals surface area contributed by atoms with Gasteiger partial charge in [-0.15, -0.1) is 0 Å². The van der Waals surface area contributed by atoms with Crippen molar-refractivity contribution in [3.63, 3.8) is 0 Å². The first-order chi connectivity index (χ1) is 7.19. The van der Waals surface area contributed by atoms with E-state index in [1.54, 1.807) is 14.2 Å². The smallest absolute Gasteiger partial charge is 0.176 e. The highest BCUT2D eigenvalue weighted by atomic mass is 35.5. The van der Waals surface area contributed by atoms with Crippen molar-refractivity contribution in [2.45, 2.75) is 19.3 Å².